The average molecular weight is 260 g/mol. The van der Waals surface area contributed by atoms with Gasteiger partial charge in [0.25, 0.3) is 0 Å². The predicted octanol–water partition coefficient (Wildman–Crippen LogP) is 2.72. The molecule has 19 heavy (non-hydrogen) atoms. The van der Waals surface area contributed by atoms with E-state index in [2.05, 4.69) is 5.16 Å². The van der Waals surface area contributed by atoms with Crippen molar-refractivity contribution in [3.63, 3.8) is 0 Å². The standard InChI is InChI=1S/C14H16N2O3/c1-4-18-14(17)12-9(3)19-16-13(12)11-7-10(15)6-5-8(11)2/h5-7H,4,15H2,1-3H3. The van der Waals surface area contributed by atoms with E-state index in [0.717, 1.165) is 11.1 Å². The van der Waals surface area contributed by atoms with Crippen molar-refractivity contribution in [2.45, 2.75) is 20.8 Å². The fourth-order valence-corrected chi connectivity index (χ4v) is 1.89. The highest BCUT2D eigenvalue weighted by atomic mass is 16.5. The van der Waals surface area contributed by atoms with E-state index in [9.17, 15) is 4.79 Å². The van der Waals surface area contributed by atoms with E-state index in [1.165, 1.54) is 0 Å². The number of anilines is 1. The van der Waals surface area contributed by atoms with Crippen molar-refractivity contribution >= 4 is 11.7 Å². The van der Waals surface area contributed by atoms with E-state index >= 15 is 0 Å². The lowest BCUT2D eigenvalue weighted by Crippen LogP contribution is -2.07. The van der Waals surface area contributed by atoms with Gasteiger partial charge in [-0.3, -0.25) is 0 Å². The highest BCUT2D eigenvalue weighted by molar-refractivity contribution is 5.97. The molecule has 0 aliphatic carbocycles. The molecule has 0 radical (unpaired) electrons. The number of esters is 1. The summed E-state index contributed by atoms with van der Waals surface area (Å²) >= 11 is 0. The van der Waals surface area contributed by atoms with Gasteiger partial charge in [0.15, 0.2) is 0 Å². The van der Waals surface area contributed by atoms with Crippen LogP contribution in [0.1, 0.15) is 28.6 Å². The van der Waals surface area contributed by atoms with Crippen molar-refractivity contribution < 1.29 is 14.1 Å². The summed E-state index contributed by atoms with van der Waals surface area (Å²) in [5.74, 6) is 0.00773. The van der Waals surface area contributed by atoms with E-state index in [0.29, 0.717) is 29.3 Å². The fraction of sp³-hybridized carbons (Fsp3) is 0.286. The Hall–Kier alpha value is -2.30. The number of aromatic nitrogens is 1. The summed E-state index contributed by atoms with van der Waals surface area (Å²) in [6, 6.07) is 5.45. The second-order valence-electron chi connectivity index (χ2n) is 4.26. The molecule has 5 nitrogen and oxygen atoms in total. The summed E-state index contributed by atoms with van der Waals surface area (Å²) in [6.45, 7) is 5.67. The molecule has 0 bridgehead atoms. The maximum atomic E-state index is 12.0. The van der Waals surface area contributed by atoms with E-state index in [4.69, 9.17) is 15.0 Å². The summed E-state index contributed by atoms with van der Waals surface area (Å²) in [7, 11) is 0. The zero-order valence-corrected chi connectivity index (χ0v) is 11.2. The fourth-order valence-electron chi connectivity index (χ4n) is 1.89. The number of rotatable bonds is 3. The molecule has 0 atom stereocenters. The highest BCUT2D eigenvalue weighted by Crippen LogP contribution is 2.29. The molecule has 0 unspecified atom stereocenters. The third-order valence-corrected chi connectivity index (χ3v) is 2.86. The Morgan fingerprint density at radius 3 is 2.84 bits per heavy atom. The van der Waals surface area contributed by atoms with Crippen molar-refractivity contribution in [3.8, 4) is 11.3 Å². The second-order valence-corrected chi connectivity index (χ2v) is 4.26. The lowest BCUT2D eigenvalue weighted by molar-refractivity contribution is 0.0525. The van der Waals surface area contributed by atoms with E-state index in [1.54, 1.807) is 26.0 Å². The Morgan fingerprint density at radius 2 is 2.16 bits per heavy atom. The van der Waals surface area contributed by atoms with Gasteiger partial charge < -0.3 is 15.0 Å². The van der Waals surface area contributed by atoms with Crippen molar-refractivity contribution in [3.05, 3.63) is 35.1 Å². The summed E-state index contributed by atoms with van der Waals surface area (Å²) < 4.78 is 10.1. The maximum absolute atomic E-state index is 12.0. The van der Waals surface area contributed by atoms with E-state index < -0.39 is 5.97 Å². The molecule has 1 heterocycles. The second kappa shape index (κ2) is 5.14. The molecule has 0 saturated heterocycles. The Labute approximate surface area is 111 Å². The van der Waals surface area contributed by atoms with Crippen LogP contribution in [0.2, 0.25) is 0 Å². The number of benzene rings is 1. The molecular weight excluding hydrogens is 244 g/mol. The summed E-state index contributed by atoms with van der Waals surface area (Å²) in [5, 5.41) is 3.96. The summed E-state index contributed by atoms with van der Waals surface area (Å²) in [4.78, 5) is 12.0. The third-order valence-electron chi connectivity index (χ3n) is 2.86. The van der Waals surface area contributed by atoms with Gasteiger partial charge in [-0.05, 0) is 38.5 Å². The minimum atomic E-state index is -0.432. The first-order valence-corrected chi connectivity index (χ1v) is 6.04. The normalized spacial score (nSPS) is 10.5. The van der Waals surface area contributed by atoms with Gasteiger partial charge in [0.1, 0.15) is 17.0 Å². The molecule has 0 aliphatic heterocycles. The van der Waals surface area contributed by atoms with Crippen LogP contribution >= 0.6 is 0 Å². The van der Waals surface area contributed by atoms with Gasteiger partial charge in [-0.15, -0.1) is 0 Å². The van der Waals surface area contributed by atoms with Crippen LogP contribution in [0.4, 0.5) is 5.69 Å². The van der Waals surface area contributed by atoms with Crippen LogP contribution in [0.3, 0.4) is 0 Å². The van der Waals surface area contributed by atoms with Gasteiger partial charge in [0, 0.05) is 11.3 Å². The first-order valence-electron chi connectivity index (χ1n) is 6.04. The molecule has 0 amide bonds. The zero-order valence-electron chi connectivity index (χ0n) is 11.2. The minimum absolute atomic E-state index is 0.304. The van der Waals surface area contributed by atoms with Crippen LogP contribution in [0.5, 0.6) is 0 Å². The molecule has 2 aromatic rings. The van der Waals surface area contributed by atoms with Crippen molar-refractivity contribution in [2.24, 2.45) is 0 Å². The molecule has 0 spiro atoms. The number of nitrogen functional groups attached to an aromatic ring is 1. The lowest BCUT2D eigenvalue weighted by atomic mass is 10.0. The van der Waals surface area contributed by atoms with Crippen LogP contribution in [-0.4, -0.2) is 17.7 Å². The Morgan fingerprint density at radius 1 is 1.42 bits per heavy atom. The molecule has 2 rings (SSSR count). The van der Waals surface area contributed by atoms with Crippen LogP contribution < -0.4 is 5.73 Å². The molecular formula is C14H16N2O3. The van der Waals surface area contributed by atoms with Crippen LogP contribution in [0.15, 0.2) is 22.7 Å². The number of nitrogens with zero attached hydrogens (tertiary/aromatic N) is 1. The van der Waals surface area contributed by atoms with Crippen molar-refractivity contribution in [2.75, 3.05) is 12.3 Å². The molecule has 5 heteroatoms. The van der Waals surface area contributed by atoms with Crippen LogP contribution in [-0.2, 0) is 4.74 Å². The zero-order chi connectivity index (χ0) is 14.0. The Bertz CT molecular complexity index is 617. The Kier molecular flexibility index (Phi) is 3.55. The topological polar surface area (TPSA) is 78.4 Å². The monoisotopic (exact) mass is 260 g/mol. The van der Waals surface area contributed by atoms with Gasteiger partial charge in [-0.1, -0.05) is 11.2 Å². The van der Waals surface area contributed by atoms with Gasteiger partial charge in [0.05, 0.1) is 6.61 Å². The van der Waals surface area contributed by atoms with Gasteiger partial charge in [-0.2, -0.15) is 0 Å². The number of carbonyl (C=O) groups excluding carboxylic acids is 1. The smallest absolute Gasteiger partial charge is 0.344 e. The first-order chi connectivity index (χ1) is 9.04. The number of nitrogens with two attached hydrogens (primary N) is 1. The molecule has 0 fully saturated rings. The molecule has 1 aromatic heterocycles. The third kappa shape index (κ3) is 2.45. The average Bonchev–Trinajstić information content (AvgIpc) is 2.74. The number of aryl methyl sites for hydroxylation is 2. The minimum Gasteiger partial charge on any atom is -0.462 e. The molecule has 100 valence electrons. The van der Waals surface area contributed by atoms with Gasteiger partial charge in [-0.25, -0.2) is 4.79 Å². The van der Waals surface area contributed by atoms with Crippen molar-refractivity contribution in [1.29, 1.82) is 0 Å². The van der Waals surface area contributed by atoms with E-state index in [-0.39, 0.29) is 0 Å². The molecule has 0 saturated carbocycles. The quantitative estimate of drug-likeness (QED) is 0.678. The first kappa shape index (κ1) is 13.1. The van der Waals surface area contributed by atoms with Gasteiger partial charge in [0.2, 0.25) is 0 Å². The van der Waals surface area contributed by atoms with E-state index in [1.807, 2.05) is 13.0 Å². The maximum Gasteiger partial charge on any atom is 0.344 e. The predicted molar refractivity (Wildman–Crippen MR) is 71.8 cm³/mol. The molecule has 2 N–H and O–H groups in total. The Balaban J connectivity index is 2.57. The molecule has 0 aliphatic rings. The molecule has 1 aromatic carbocycles. The van der Waals surface area contributed by atoms with Gasteiger partial charge >= 0.3 is 5.97 Å². The number of hydrogen-bond donors (Lipinski definition) is 1. The van der Waals surface area contributed by atoms with Crippen LogP contribution in [0, 0.1) is 13.8 Å². The van der Waals surface area contributed by atoms with Crippen molar-refractivity contribution in [1.82, 2.24) is 5.16 Å². The number of hydrogen-bond acceptors (Lipinski definition) is 5. The number of ether oxygens (including phenoxy) is 1. The lowest BCUT2D eigenvalue weighted by Gasteiger charge is -2.06. The highest BCUT2D eigenvalue weighted by Gasteiger charge is 2.23. The summed E-state index contributed by atoms with van der Waals surface area (Å²) in [6.07, 6.45) is 0. The largest absolute Gasteiger partial charge is 0.462 e. The summed E-state index contributed by atoms with van der Waals surface area (Å²) in [5.41, 5.74) is 8.96. The van der Waals surface area contributed by atoms with Crippen LogP contribution in [0.25, 0.3) is 11.3 Å². The SMILES string of the molecule is CCOC(=O)c1c(-c2cc(N)ccc2C)noc1C. The number of carbonyl (C=O) groups is 1.